The van der Waals surface area contributed by atoms with Crippen molar-refractivity contribution in [2.75, 3.05) is 39.6 Å². The summed E-state index contributed by atoms with van der Waals surface area (Å²) in [6.45, 7) is 4.68. The number of phosphoric acid groups is 2. The minimum Gasteiger partial charge on any atom is -0.462 e. The van der Waals surface area contributed by atoms with Crippen LogP contribution in [-0.4, -0.2) is 96.7 Å². The summed E-state index contributed by atoms with van der Waals surface area (Å²) < 4.78 is 68.6. The molecule has 0 amide bonds. The fraction of sp³-hybridized carbons (Fsp3) is 0.741. The quantitative estimate of drug-likeness (QED) is 0.0169. The molecule has 600 valence electrons. The molecule has 0 aliphatic carbocycles. The fourth-order valence-electron chi connectivity index (χ4n) is 10.9. The molecule has 0 aromatic heterocycles. The van der Waals surface area contributed by atoms with Crippen LogP contribution in [0.3, 0.4) is 0 Å². The van der Waals surface area contributed by atoms with Crippen molar-refractivity contribution in [3.63, 3.8) is 0 Å². The Morgan fingerprint density at radius 2 is 0.510 bits per heavy atom. The number of rotatable bonds is 77. The summed E-state index contributed by atoms with van der Waals surface area (Å²) in [5.74, 6) is -2.21. The van der Waals surface area contributed by atoms with E-state index in [1.165, 1.54) is 70.6 Å². The minimum atomic E-state index is -4.99. The molecular weight excluding hydrogens is 1350 g/mol. The van der Waals surface area contributed by atoms with E-state index in [1.807, 2.05) is 0 Å². The van der Waals surface area contributed by atoms with Crippen LogP contribution in [0.1, 0.15) is 349 Å². The number of aliphatic hydroxyl groups excluding tert-OH is 1. The van der Waals surface area contributed by atoms with Crippen LogP contribution in [0.4, 0.5) is 0 Å². The molecule has 17 nitrogen and oxygen atoms in total. The van der Waals surface area contributed by atoms with Crippen molar-refractivity contribution in [3.05, 3.63) is 109 Å². The zero-order valence-corrected chi connectivity index (χ0v) is 67.5. The molecule has 104 heavy (non-hydrogen) atoms. The molecule has 0 spiro atoms. The Morgan fingerprint density at radius 1 is 0.279 bits per heavy atom. The maximum Gasteiger partial charge on any atom is 0.472 e. The largest absolute Gasteiger partial charge is 0.472 e. The first-order valence-electron chi connectivity index (χ1n) is 41.1. The number of unbranched alkanes of at least 4 members (excludes halogenated alkanes) is 33. The number of hydrogen-bond donors (Lipinski definition) is 3. The Morgan fingerprint density at radius 3 is 0.827 bits per heavy atom. The second-order valence-electron chi connectivity index (χ2n) is 27.3. The highest BCUT2D eigenvalue weighted by atomic mass is 31.2. The highest BCUT2D eigenvalue weighted by Crippen LogP contribution is 2.45. The van der Waals surface area contributed by atoms with Gasteiger partial charge in [-0.05, 0) is 148 Å². The van der Waals surface area contributed by atoms with Crippen molar-refractivity contribution < 1.29 is 80.2 Å². The lowest BCUT2D eigenvalue weighted by Crippen LogP contribution is -2.30. The second kappa shape index (κ2) is 76.9. The van der Waals surface area contributed by atoms with Crippen molar-refractivity contribution in [1.82, 2.24) is 0 Å². The van der Waals surface area contributed by atoms with Crippen LogP contribution < -0.4 is 0 Å². The predicted octanol–water partition coefficient (Wildman–Crippen LogP) is 24.1. The van der Waals surface area contributed by atoms with E-state index in [4.69, 9.17) is 37.0 Å². The van der Waals surface area contributed by atoms with Crippen LogP contribution in [0.5, 0.6) is 0 Å². The first kappa shape index (κ1) is 99.7. The number of hydrogen-bond acceptors (Lipinski definition) is 15. The molecule has 3 N–H and O–H groups in total. The molecule has 0 aliphatic heterocycles. The monoisotopic (exact) mass is 1500 g/mol. The first-order valence-corrected chi connectivity index (χ1v) is 44.1. The minimum absolute atomic E-state index is 0.0757. The van der Waals surface area contributed by atoms with Gasteiger partial charge in [-0.15, -0.1) is 0 Å². The molecule has 0 saturated heterocycles. The molecule has 5 unspecified atom stereocenters. The molecule has 0 saturated carbocycles. The third-order valence-corrected chi connectivity index (χ3v) is 19.1. The van der Waals surface area contributed by atoms with E-state index < -0.39 is 97.5 Å². The van der Waals surface area contributed by atoms with Gasteiger partial charge in [-0.2, -0.15) is 0 Å². The fourth-order valence-corrected chi connectivity index (χ4v) is 12.5. The van der Waals surface area contributed by atoms with Crippen LogP contribution in [0.25, 0.3) is 0 Å². The lowest BCUT2D eigenvalue weighted by atomic mass is 10.1. The van der Waals surface area contributed by atoms with Crippen molar-refractivity contribution in [3.8, 4) is 0 Å². The third kappa shape index (κ3) is 75.9. The number of phosphoric ester groups is 2. The third-order valence-electron chi connectivity index (χ3n) is 17.2. The van der Waals surface area contributed by atoms with Gasteiger partial charge in [0.25, 0.3) is 0 Å². The summed E-state index contributed by atoms with van der Waals surface area (Å²) in [4.78, 5) is 73.0. The van der Waals surface area contributed by atoms with Crippen LogP contribution in [0.15, 0.2) is 109 Å². The van der Waals surface area contributed by atoms with Crippen LogP contribution in [0, 0.1) is 0 Å². The molecule has 0 fully saturated rings. The molecule has 0 heterocycles. The van der Waals surface area contributed by atoms with Crippen molar-refractivity contribution in [1.29, 1.82) is 0 Å². The normalized spacial score (nSPS) is 14.4. The average Bonchev–Trinajstić information content (AvgIpc) is 0.928. The molecule has 19 heteroatoms. The van der Waals surface area contributed by atoms with Gasteiger partial charge >= 0.3 is 39.5 Å². The number of carbonyl (C=O) groups is 4. The molecule has 5 atom stereocenters. The zero-order chi connectivity index (χ0) is 76.0. The summed E-state index contributed by atoms with van der Waals surface area (Å²) in [6, 6.07) is 0. The van der Waals surface area contributed by atoms with Crippen molar-refractivity contribution in [2.24, 2.45) is 0 Å². The van der Waals surface area contributed by atoms with Crippen LogP contribution >= 0.6 is 15.6 Å². The van der Waals surface area contributed by atoms with E-state index in [2.05, 4.69) is 137 Å². The van der Waals surface area contributed by atoms with E-state index in [0.29, 0.717) is 25.7 Å². The lowest BCUT2D eigenvalue weighted by Gasteiger charge is -2.21. The number of ether oxygens (including phenoxy) is 4. The highest BCUT2D eigenvalue weighted by Gasteiger charge is 2.30. The number of carbonyl (C=O) groups excluding carboxylic acids is 4. The van der Waals surface area contributed by atoms with E-state index in [0.717, 1.165) is 199 Å². The Kier molecular flexibility index (Phi) is 73.7. The number of esters is 4. The Bertz CT molecular complexity index is 2390. The van der Waals surface area contributed by atoms with Gasteiger partial charge in [-0.3, -0.25) is 37.3 Å². The van der Waals surface area contributed by atoms with Crippen molar-refractivity contribution >= 4 is 39.5 Å². The van der Waals surface area contributed by atoms with Crippen LogP contribution in [-0.2, 0) is 65.4 Å². The van der Waals surface area contributed by atoms with Gasteiger partial charge in [0.2, 0.25) is 0 Å². The lowest BCUT2D eigenvalue weighted by molar-refractivity contribution is -0.161. The summed E-state index contributed by atoms with van der Waals surface area (Å²) in [5.41, 5.74) is 0. The predicted molar refractivity (Wildman–Crippen MR) is 427 cm³/mol. The zero-order valence-electron chi connectivity index (χ0n) is 65.7. The van der Waals surface area contributed by atoms with Gasteiger partial charge in [-0.25, -0.2) is 9.13 Å². The standard InChI is InChI=1S/C85H148O17P2/c1-5-9-13-17-21-25-29-32-35-37-39-41-44-47-51-54-58-62-66-70-83(88)96-76-81(102-85(90)72-68-64-60-56-52-48-45-42-40-38-36-33-30-26-22-18-14-10-6-2)78-100-104(93,94)98-74-79(86)73-97-103(91,92)99-77-80(101-84(89)71-67-63-59-55-49-28-24-20-16-12-8-4)75-95-82(87)69-65-61-57-53-50-46-43-34-31-27-23-19-15-11-7-3/h9,13,20-22,24-26,32-36,39-43,79-81,86H,5-8,10-12,14-19,23,27-31,37-38,44-78H2,1-4H3,(H,91,92)(H,93,94)/b13-9-,24-20-,25-21-,26-22-,35-32-,36-33-,41-39-,42-40-,43-34-. The highest BCUT2D eigenvalue weighted by molar-refractivity contribution is 7.47. The van der Waals surface area contributed by atoms with Gasteiger partial charge in [0.05, 0.1) is 26.4 Å². The van der Waals surface area contributed by atoms with Gasteiger partial charge in [-0.1, -0.05) is 285 Å². The number of aliphatic hydroxyl groups is 1. The Balaban J connectivity index is 5.36. The smallest absolute Gasteiger partial charge is 0.462 e. The van der Waals surface area contributed by atoms with E-state index in [9.17, 15) is 43.2 Å². The maximum absolute atomic E-state index is 13.1. The van der Waals surface area contributed by atoms with E-state index >= 15 is 0 Å². The van der Waals surface area contributed by atoms with Gasteiger partial charge in [0.15, 0.2) is 12.2 Å². The first-order chi connectivity index (χ1) is 50.7. The summed E-state index contributed by atoms with van der Waals surface area (Å²) in [7, 11) is -9.97. The van der Waals surface area contributed by atoms with Gasteiger partial charge < -0.3 is 33.8 Å². The molecule has 0 aromatic carbocycles. The second-order valence-corrected chi connectivity index (χ2v) is 30.2. The van der Waals surface area contributed by atoms with E-state index in [1.54, 1.807) is 0 Å². The van der Waals surface area contributed by atoms with Crippen LogP contribution in [0.2, 0.25) is 0 Å². The molecule has 0 rings (SSSR count). The molecule has 0 bridgehead atoms. The number of allylic oxidation sites excluding steroid dienone is 18. The summed E-state index contributed by atoms with van der Waals surface area (Å²) >= 11 is 0. The van der Waals surface area contributed by atoms with Gasteiger partial charge in [0.1, 0.15) is 19.3 Å². The Hall–Kier alpha value is -4.28. The average molecular weight is 1500 g/mol. The van der Waals surface area contributed by atoms with Gasteiger partial charge in [0, 0.05) is 25.7 Å². The summed E-state index contributed by atoms with van der Waals surface area (Å²) in [5, 5.41) is 10.6. The summed E-state index contributed by atoms with van der Waals surface area (Å²) in [6.07, 6.45) is 83.5. The van der Waals surface area contributed by atoms with Crippen molar-refractivity contribution in [2.45, 2.75) is 367 Å². The van der Waals surface area contributed by atoms with E-state index in [-0.39, 0.29) is 25.7 Å². The Labute approximate surface area is 632 Å². The molecule has 0 aromatic rings. The molecule has 0 aliphatic rings. The SMILES string of the molecule is CC/C=C\C/C=C\C/C=C\C/C=C\CCCCCCCCC(=O)OCC(COP(=O)(O)OCC(O)COP(=O)(O)OCC(COC(=O)CCCCCCC/C=C\CCCCCCCC)OC(=O)CCCCCCC/C=C\CCCC)OC(=O)CCCCCCCC/C=C\C/C=C\C/C=C\CCCCC. The molecular formula is C85H148O17P2. The topological polar surface area (TPSA) is 237 Å². The maximum atomic E-state index is 13.1. The molecule has 0 radical (unpaired) electrons.